The Labute approximate surface area is 152 Å². The van der Waals surface area contributed by atoms with E-state index < -0.39 is 0 Å². The monoisotopic (exact) mass is 360 g/mol. The van der Waals surface area contributed by atoms with Gasteiger partial charge in [-0.15, -0.1) is 0 Å². The first-order valence-electron chi connectivity index (χ1n) is 8.62. The first-order chi connectivity index (χ1) is 12.5. The second-order valence-electron chi connectivity index (χ2n) is 6.42. The van der Waals surface area contributed by atoms with Crippen LogP contribution in [0.1, 0.15) is 11.1 Å². The van der Waals surface area contributed by atoms with Gasteiger partial charge in [0.1, 0.15) is 17.4 Å². The topological polar surface area (TPSA) is 32.8 Å². The quantitative estimate of drug-likeness (QED) is 0.822. The fourth-order valence-electron chi connectivity index (χ4n) is 3.16. The van der Waals surface area contributed by atoms with Crippen LogP contribution < -0.4 is 4.74 Å². The Kier molecular flexibility index (Phi) is 5.83. The highest BCUT2D eigenvalue weighted by molar-refractivity contribution is 5.78. The van der Waals surface area contributed by atoms with E-state index in [4.69, 9.17) is 4.74 Å². The van der Waals surface area contributed by atoms with Gasteiger partial charge in [0.05, 0.1) is 13.5 Å². The molecule has 2 aromatic carbocycles. The average molecular weight is 360 g/mol. The number of amides is 1. The summed E-state index contributed by atoms with van der Waals surface area (Å²) in [6.07, 6.45) is 0.276. The molecule has 3 rings (SSSR count). The summed E-state index contributed by atoms with van der Waals surface area (Å²) in [6, 6.07) is 10.5. The second-order valence-corrected chi connectivity index (χ2v) is 6.42. The number of hydrogen-bond acceptors (Lipinski definition) is 3. The molecule has 0 aliphatic carbocycles. The molecule has 1 heterocycles. The maximum atomic E-state index is 13.5. The van der Waals surface area contributed by atoms with Crippen molar-refractivity contribution in [2.75, 3.05) is 33.3 Å². The lowest BCUT2D eigenvalue weighted by Gasteiger charge is -2.35. The molecule has 0 bridgehead atoms. The van der Waals surface area contributed by atoms with E-state index in [1.54, 1.807) is 25.3 Å². The highest BCUT2D eigenvalue weighted by atomic mass is 19.1. The maximum Gasteiger partial charge on any atom is 0.227 e. The minimum absolute atomic E-state index is 0.0413. The van der Waals surface area contributed by atoms with E-state index in [2.05, 4.69) is 4.90 Å². The van der Waals surface area contributed by atoms with E-state index in [0.717, 1.165) is 24.2 Å². The number of hydrogen-bond donors (Lipinski definition) is 0. The molecule has 1 saturated heterocycles. The first-order valence-corrected chi connectivity index (χ1v) is 8.62. The van der Waals surface area contributed by atoms with E-state index in [1.807, 2.05) is 4.90 Å². The van der Waals surface area contributed by atoms with Crippen molar-refractivity contribution < 1.29 is 18.3 Å². The zero-order valence-corrected chi connectivity index (χ0v) is 14.8. The zero-order chi connectivity index (χ0) is 18.5. The van der Waals surface area contributed by atoms with Gasteiger partial charge in [0.15, 0.2) is 0 Å². The Hall–Kier alpha value is -2.47. The van der Waals surface area contributed by atoms with Crippen molar-refractivity contribution in [3.63, 3.8) is 0 Å². The molecular weight excluding hydrogens is 338 g/mol. The van der Waals surface area contributed by atoms with Crippen molar-refractivity contribution in [1.82, 2.24) is 9.80 Å². The fraction of sp³-hybridized carbons (Fsp3) is 0.350. The lowest BCUT2D eigenvalue weighted by molar-refractivity contribution is -0.132. The fourth-order valence-corrected chi connectivity index (χ4v) is 3.16. The van der Waals surface area contributed by atoms with Gasteiger partial charge in [0, 0.05) is 38.3 Å². The van der Waals surface area contributed by atoms with Gasteiger partial charge in [-0.1, -0.05) is 12.1 Å². The summed E-state index contributed by atoms with van der Waals surface area (Å²) < 4.78 is 31.7. The van der Waals surface area contributed by atoms with Crippen LogP contribution >= 0.6 is 0 Å². The number of nitrogens with zero attached hydrogens (tertiary/aromatic N) is 2. The molecule has 1 fully saturated rings. The maximum absolute atomic E-state index is 13.5. The molecule has 0 radical (unpaired) electrons. The number of piperazine rings is 1. The summed E-state index contributed by atoms with van der Waals surface area (Å²) in [5, 5.41) is 0. The number of benzene rings is 2. The average Bonchev–Trinajstić information content (AvgIpc) is 2.64. The Bertz CT molecular complexity index is 757. The Morgan fingerprint density at radius 3 is 2.31 bits per heavy atom. The Balaban J connectivity index is 1.53. The molecule has 0 aromatic heterocycles. The molecule has 26 heavy (non-hydrogen) atoms. The van der Waals surface area contributed by atoms with E-state index in [1.165, 1.54) is 24.3 Å². The summed E-state index contributed by atoms with van der Waals surface area (Å²) in [5.74, 6) is 0.123. The normalized spacial score (nSPS) is 15.1. The van der Waals surface area contributed by atoms with Crippen LogP contribution in [0.5, 0.6) is 5.75 Å². The van der Waals surface area contributed by atoms with Gasteiger partial charge in [-0.05, 0) is 35.9 Å². The van der Waals surface area contributed by atoms with Gasteiger partial charge in [0.2, 0.25) is 5.91 Å². The predicted molar refractivity (Wildman–Crippen MR) is 94.9 cm³/mol. The molecule has 0 N–H and O–H groups in total. The van der Waals surface area contributed by atoms with Crippen molar-refractivity contribution in [3.05, 3.63) is 65.2 Å². The Morgan fingerprint density at radius 1 is 1.00 bits per heavy atom. The highest BCUT2D eigenvalue weighted by Crippen LogP contribution is 2.21. The van der Waals surface area contributed by atoms with Crippen LogP contribution in [0, 0.1) is 11.6 Å². The summed E-state index contributed by atoms with van der Waals surface area (Å²) >= 11 is 0. The smallest absolute Gasteiger partial charge is 0.227 e. The molecule has 1 aliphatic heterocycles. The first kappa shape index (κ1) is 18.3. The molecule has 0 unspecified atom stereocenters. The molecule has 4 nitrogen and oxygen atoms in total. The molecule has 138 valence electrons. The van der Waals surface area contributed by atoms with Gasteiger partial charge >= 0.3 is 0 Å². The summed E-state index contributed by atoms with van der Waals surface area (Å²) in [5.41, 5.74) is 1.61. The van der Waals surface area contributed by atoms with Crippen molar-refractivity contribution in [1.29, 1.82) is 0 Å². The molecule has 6 heteroatoms. The minimum Gasteiger partial charge on any atom is -0.496 e. The summed E-state index contributed by atoms with van der Waals surface area (Å²) in [4.78, 5) is 16.4. The third-order valence-corrected chi connectivity index (χ3v) is 4.63. The van der Waals surface area contributed by atoms with Crippen LogP contribution in [0.4, 0.5) is 8.78 Å². The highest BCUT2D eigenvalue weighted by Gasteiger charge is 2.22. The van der Waals surface area contributed by atoms with Gasteiger partial charge in [-0.2, -0.15) is 0 Å². The Morgan fingerprint density at radius 2 is 1.65 bits per heavy atom. The van der Waals surface area contributed by atoms with Crippen LogP contribution in [-0.4, -0.2) is 49.0 Å². The van der Waals surface area contributed by atoms with Crippen molar-refractivity contribution in [3.8, 4) is 5.75 Å². The minimum atomic E-state index is -0.303. The standard InChI is InChI=1S/C20H22F2N2O2/c1-26-19-7-6-18(22)13-16(19)14-23-8-10-24(11-9-23)20(25)12-15-2-4-17(21)5-3-15/h2-7,13H,8-12,14H2,1H3. The lowest BCUT2D eigenvalue weighted by Crippen LogP contribution is -2.48. The second kappa shape index (κ2) is 8.27. The van der Waals surface area contributed by atoms with Crippen LogP contribution in [-0.2, 0) is 17.8 Å². The van der Waals surface area contributed by atoms with Gasteiger partial charge in [-0.3, -0.25) is 9.69 Å². The molecule has 0 atom stereocenters. The van der Waals surface area contributed by atoms with Crippen LogP contribution in [0.2, 0.25) is 0 Å². The van der Waals surface area contributed by atoms with Crippen LogP contribution in [0.3, 0.4) is 0 Å². The van der Waals surface area contributed by atoms with Gasteiger partial charge in [0.25, 0.3) is 0 Å². The van der Waals surface area contributed by atoms with E-state index >= 15 is 0 Å². The van der Waals surface area contributed by atoms with Gasteiger partial charge in [-0.25, -0.2) is 8.78 Å². The van der Waals surface area contributed by atoms with Crippen molar-refractivity contribution >= 4 is 5.91 Å². The van der Waals surface area contributed by atoms with Crippen molar-refractivity contribution in [2.45, 2.75) is 13.0 Å². The zero-order valence-electron chi connectivity index (χ0n) is 14.8. The van der Waals surface area contributed by atoms with Gasteiger partial charge < -0.3 is 9.64 Å². The third kappa shape index (κ3) is 4.58. The molecule has 1 amide bonds. The largest absolute Gasteiger partial charge is 0.496 e. The molecular formula is C20H22F2N2O2. The predicted octanol–water partition coefficient (Wildman–Crippen LogP) is 2.86. The van der Waals surface area contributed by atoms with Crippen LogP contribution in [0.15, 0.2) is 42.5 Å². The molecule has 0 saturated carbocycles. The number of methoxy groups -OCH3 is 1. The van der Waals surface area contributed by atoms with E-state index in [-0.39, 0.29) is 24.0 Å². The third-order valence-electron chi connectivity index (χ3n) is 4.63. The number of carbonyl (C=O) groups excluding carboxylic acids is 1. The van der Waals surface area contributed by atoms with Crippen molar-refractivity contribution in [2.24, 2.45) is 0 Å². The number of rotatable bonds is 5. The number of halogens is 2. The van der Waals surface area contributed by atoms with E-state index in [0.29, 0.717) is 25.4 Å². The number of carbonyl (C=O) groups is 1. The van der Waals surface area contributed by atoms with Crippen LogP contribution in [0.25, 0.3) is 0 Å². The molecule has 2 aromatic rings. The summed E-state index contributed by atoms with van der Waals surface area (Å²) in [7, 11) is 1.57. The summed E-state index contributed by atoms with van der Waals surface area (Å²) in [6.45, 7) is 3.26. The molecule has 0 spiro atoms. The lowest BCUT2D eigenvalue weighted by atomic mass is 10.1. The van der Waals surface area contributed by atoms with E-state index in [9.17, 15) is 13.6 Å². The number of ether oxygens (including phenoxy) is 1. The SMILES string of the molecule is COc1ccc(F)cc1CN1CCN(C(=O)Cc2ccc(F)cc2)CC1. The molecule has 1 aliphatic rings.